The van der Waals surface area contributed by atoms with E-state index in [0.29, 0.717) is 26.3 Å². The Hall–Kier alpha value is -0.610. The molecule has 1 unspecified atom stereocenters. The molecule has 1 saturated heterocycles. The molecule has 0 saturated carbocycles. The number of morpholine rings is 1. The smallest absolute Gasteiger partial charge is 0.228 e. The summed E-state index contributed by atoms with van der Waals surface area (Å²) in [4.78, 5) is 14.0. The number of nitrogens with zero attached hydrogens (tertiary/aromatic N) is 1. The highest BCUT2D eigenvalue weighted by Gasteiger charge is 2.31. The lowest BCUT2D eigenvalue weighted by molar-refractivity contribution is -0.147. The van der Waals surface area contributed by atoms with Gasteiger partial charge in [-0.15, -0.1) is 0 Å². The third-order valence-electron chi connectivity index (χ3n) is 2.71. The third kappa shape index (κ3) is 3.76. The predicted molar refractivity (Wildman–Crippen MR) is 62.3 cm³/mol. The van der Waals surface area contributed by atoms with Crippen LogP contribution in [-0.4, -0.2) is 50.3 Å². The molecule has 0 aliphatic carbocycles. The molecule has 0 radical (unpaired) electrons. The number of amides is 1. The Morgan fingerprint density at radius 1 is 1.50 bits per heavy atom. The number of hydrogen-bond donors (Lipinski definition) is 0. The van der Waals surface area contributed by atoms with E-state index in [-0.39, 0.29) is 17.4 Å². The first-order valence-corrected chi connectivity index (χ1v) is 5.85. The van der Waals surface area contributed by atoms with Gasteiger partial charge in [0.25, 0.3) is 0 Å². The summed E-state index contributed by atoms with van der Waals surface area (Å²) >= 11 is 0. The van der Waals surface area contributed by atoms with Crippen molar-refractivity contribution < 1.29 is 14.3 Å². The largest absolute Gasteiger partial charge is 0.385 e. The second kappa shape index (κ2) is 5.64. The average molecular weight is 229 g/mol. The molecule has 4 heteroatoms. The quantitative estimate of drug-likeness (QED) is 0.732. The topological polar surface area (TPSA) is 38.8 Å². The molecule has 16 heavy (non-hydrogen) atoms. The van der Waals surface area contributed by atoms with Crippen molar-refractivity contribution in [2.24, 2.45) is 5.41 Å². The first-order chi connectivity index (χ1) is 7.45. The zero-order chi connectivity index (χ0) is 12.2. The standard InChI is InChI=1S/C12H23NO3/c1-12(2,3)11(14)13-6-8-16-10(9-13)5-7-15-4/h10H,5-9H2,1-4H3. The maximum Gasteiger partial charge on any atom is 0.228 e. The van der Waals surface area contributed by atoms with Gasteiger partial charge in [-0.2, -0.15) is 0 Å². The van der Waals surface area contributed by atoms with Crippen LogP contribution in [0.1, 0.15) is 27.2 Å². The van der Waals surface area contributed by atoms with E-state index in [4.69, 9.17) is 9.47 Å². The predicted octanol–water partition coefficient (Wildman–Crippen LogP) is 1.30. The minimum absolute atomic E-state index is 0.125. The Bertz CT molecular complexity index is 235. The van der Waals surface area contributed by atoms with Gasteiger partial charge in [-0.25, -0.2) is 0 Å². The van der Waals surface area contributed by atoms with Gasteiger partial charge in [0.1, 0.15) is 0 Å². The summed E-state index contributed by atoms with van der Waals surface area (Å²) in [6, 6.07) is 0. The molecule has 1 aliphatic heterocycles. The minimum atomic E-state index is -0.302. The number of carbonyl (C=O) groups is 1. The van der Waals surface area contributed by atoms with Gasteiger partial charge in [0.2, 0.25) is 5.91 Å². The van der Waals surface area contributed by atoms with Crippen LogP contribution in [0.15, 0.2) is 0 Å². The lowest BCUT2D eigenvalue weighted by Gasteiger charge is -2.36. The maximum absolute atomic E-state index is 12.1. The normalized spacial score (nSPS) is 22.2. The molecule has 1 amide bonds. The van der Waals surface area contributed by atoms with Gasteiger partial charge in [-0.05, 0) is 6.42 Å². The molecule has 0 aromatic rings. The van der Waals surface area contributed by atoms with Gasteiger partial charge in [-0.3, -0.25) is 4.79 Å². The van der Waals surface area contributed by atoms with Gasteiger partial charge in [0.05, 0.1) is 12.7 Å². The van der Waals surface area contributed by atoms with Crippen molar-refractivity contribution in [2.75, 3.05) is 33.4 Å². The van der Waals surface area contributed by atoms with E-state index in [2.05, 4.69) is 0 Å². The second-order valence-electron chi connectivity index (χ2n) is 5.28. The van der Waals surface area contributed by atoms with E-state index in [0.717, 1.165) is 6.42 Å². The molecular formula is C12H23NO3. The molecule has 4 nitrogen and oxygen atoms in total. The molecule has 1 aliphatic rings. The number of methoxy groups -OCH3 is 1. The monoisotopic (exact) mass is 229 g/mol. The van der Waals surface area contributed by atoms with E-state index in [1.54, 1.807) is 7.11 Å². The van der Waals surface area contributed by atoms with Gasteiger partial charge in [0, 0.05) is 32.2 Å². The fraction of sp³-hybridized carbons (Fsp3) is 0.917. The van der Waals surface area contributed by atoms with E-state index < -0.39 is 0 Å². The van der Waals surface area contributed by atoms with Gasteiger partial charge in [-0.1, -0.05) is 20.8 Å². The molecule has 0 aromatic heterocycles. The van der Waals surface area contributed by atoms with Crippen molar-refractivity contribution >= 4 is 5.91 Å². The van der Waals surface area contributed by atoms with Crippen LogP contribution in [0.2, 0.25) is 0 Å². The maximum atomic E-state index is 12.1. The van der Waals surface area contributed by atoms with Crippen LogP contribution >= 0.6 is 0 Å². The summed E-state index contributed by atoms with van der Waals surface area (Å²) in [6.45, 7) is 8.58. The summed E-state index contributed by atoms with van der Waals surface area (Å²) in [5.74, 6) is 0.207. The summed E-state index contributed by atoms with van der Waals surface area (Å²) in [5, 5.41) is 0. The molecular weight excluding hydrogens is 206 g/mol. The number of ether oxygens (including phenoxy) is 2. The highest BCUT2D eigenvalue weighted by atomic mass is 16.5. The Kier molecular flexibility index (Phi) is 4.74. The highest BCUT2D eigenvalue weighted by Crippen LogP contribution is 2.20. The van der Waals surface area contributed by atoms with Crippen molar-refractivity contribution in [3.8, 4) is 0 Å². The minimum Gasteiger partial charge on any atom is -0.385 e. The Labute approximate surface area is 97.9 Å². The molecule has 1 rings (SSSR count). The van der Waals surface area contributed by atoms with Crippen LogP contribution < -0.4 is 0 Å². The molecule has 1 heterocycles. The zero-order valence-corrected chi connectivity index (χ0v) is 10.8. The Morgan fingerprint density at radius 3 is 2.75 bits per heavy atom. The van der Waals surface area contributed by atoms with Gasteiger partial charge in [0.15, 0.2) is 0 Å². The first kappa shape index (κ1) is 13.5. The van der Waals surface area contributed by atoms with Crippen molar-refractivity contribution in [2.45, 2.75) is 33.3 Å². The summed E-state index contributed by atoms with van der Waals surface area (Å²) in [6.07, 6.45) is 0.977. The zero-order valence-electron chi connectivity index (χ0n) is 10.8. The molecule has 1 fully saturated rings. The van der Waals surface area contributed by atoms with Crippen LogP contribution in [0.3, 0.4) is 0 Å². The van der Waals surface area contributed by atoms with Gasteiger partial charge < -0.3 is 14.4 Å². The lowest BCUT2D eigenvalue weighted by Crippen LogP contribution is -2.49. The first-order valence-electron chi connectivity index (χ1n) is 5.85. The van der Waals surface area contributed by atoms with Crippen LogP contribution in [0.25, 0.3) is 0 Å². The SMILES string of the molecule is COCCC1CN(C(=O)C(C)(C)C)CCO1. The lowest BCUT2D eigenvalue weighted by atomic mass is 9.94. The van der Waals surface area contributed by atoms with E-state index in [1.165, 1.54) is 0 Å². The van der Waals surface area contributed by atoms with Crippen LogP contribution in [-0.2, 0) is 14.3 Å². The molecule has 0 spiro atoms. The fourth-order valence-corrected chi connectivity index (χ4v) is 1.80. The number of rotatable bonds is 3. The van der Waals surface area contributed by atoms with Crippen LogP contribution in [0, 0.1) is 5.41 Å². The third-order valence-corrected chi connectivity index (χ3v) is 2.71. The number of carbonyl (C=O) groups excluding carboxylic acids is 1. The molecule has 0 N–H and O–H groups in total. The molecule has 1 atom stereocenters. The van der Waals surface area contributed by atoms with Crippen molar-refractivity contribution in [1.82, 2.24) is 4.90 Å². The summed E-state index contributed by atoms with van der Waals surface area (Å²) < 4.78 is 10.6. The Balaban J connectivity index is 2.47. The molecule has 0 bridgehead atoms. The Morgan fingerprint density at radius 2 is 2.19 bits per heavy atom. The van der Waals surface area contributed by atoms with Crippen LogP contribution in [0.4, 0.5) is 0 Å². The van der Waals surface area contributed by atoms with Crippen molar-refractivity contribution in [3.05, 3.63) is 0 Å². The van der Waals surface area contributed by atoms with Crippen molar-refractivity contribution in [1.29, 1.82) is 0 Å². The van der Waals surface area contributed by atoms with Crippen LogP contribution in [0.5, 0.6) is 0 Å². The van der Waals surface area contributed by atoms with Gasteiger partial charge >= 0.3 is 0 Å². The van der Waals surface area contributed by atoms with E-state index >= 15 is 0 Å². The van der Waals surface area contributed by atoms with Crippen molar-refractivity contribution in [3.63, 3.8) is 0 Å². The molecule has 94 valence electrons. The average Bonchev–Trinajstić information content (AvgIpc) is 2.24. The van der Waals surface area contributed by atoms with E-state index in [1.807, 2.05) is 25.7 Å². The van der Waals surface area contributed by atoms with E-state index in [9.17, 15) is 4.79 Å². The summed E-state index contributed by atoms with van der Waals surface area (Å²) in [5.41, 5.74) is -0.302. The fourth-order valence-electron chi connectivity index (χ4n) is 1.80. The number of hydrogen-bond acceptors (Lipinski definition) is 3. The highest BCUT2D eigenvalue weighted by molar-refractivity contribution is 5.81. The second-order valence-corrected chi connectivity index (χ2v) is 5.28. The summed E-state index contributed by atoms with van der Waals surface area (Å²) in [7, 11) is 1.68. The molecule has 0 aromatic carbocycles.